The average Bonchev–Trinajstić information content (AvgIpc) is 2.80. The first-order valence-electron chi connectivity index (χ1n) is 9.01. The number of nitrogens with zero attached hydrogens (tertiary/aromatic N) is 3. The van der Waals surface area contributed by atoms with Crippen molar-refractivity contribution in [1.82, 2.24) is 14.4 Å². The number of amides is 1. The molecule has 0 bridgehead atoms. The Hall–Kier alpha value is -2.19. The van der Waals surface area contributed by atoms with Gasteiger partial charge < -0.3 is 9.42 Å². The van der Waals surface area contributed by atoms with Crippen LogP contribution >= 0.6 is 0 Å². The van der Waals surface area contributed by atoms with Crippen molar-refractivity contribution in [3.8, 4) is 0 Å². The van der Waals surface area contributed by atoms with Crippen LogP contribution in [0.5, 0.6) is 0 Å². The molecule has 1 aromatic carbocycles. The third-order valence-electron chi connectivity index (χ3n) is 4.78. The maximum atomic E-state index is 13.0. The van der Waals surface area contributed by atoms with Crippen LogP contribution in [-0.4, -0.2) is 54.9 Å². The van der Waals surface area contributed by atoms with E-state index in [0.29, 0.717) is 43.1 Å². The molecule has 1 aromatic heterocycles. The molecule has 1 fully saturated rings. The van der Waals surface area contributed by atoms with E-state index < -0.39 is 10.0 Å². The number of aromatic nitrogens is 1. The summed E-state index contributed by atoms with van der Waals surface area (Å²) < 4.78 is 32.4. The van der Waals surface area contributed by atoms with E-state index in [1.54, 1.807) is 18.7 Å². The highest BCUT2D eigenvalue weighted by atomic mass is 32.2. The van der Waals surface area contributed by atoms with Crippen molar-refractivity contribution in [2.75, 3.05) is 26.2 Å². The van der Waals surface area contributed by atoms with Crippen molar-refractivity contribution >= 4 is 15.9 Å². The van der Waals surface area contributed by atoms with E-state index in [4.69, 9.17) is 4.52 Å². The number of aryl methyl sites for hydroxylation is 4. The van der Waals surface area contributed by atoms with Gasteiger partial charge in [-0.1, -0.05) is 22.3 Å². The van der Waals surface area contributed by atoms with Crippen LogP contribution in [0.4, 0.5) is 0 Å². The standard InChI is InChI=1S/C19H25N3O4S/c1-13-10-14(2)12-17(11-13)19(23)21-6-5-7-22(9-8-21)27(24,25)18-15(3)20-26-16(18)4/h10-12H,5-9H2,1-4H3. The summed E-state index contributed by atoms with van der Waals surface area (Å²) in [6.07, 6.45) is 0.582. The van der Waals surface area contributed by atoms with Crippen LogP contribution in [0.1, 0.15) is 39.4 Å². The van der Waals surface area contributed by atoms with Crippen LogP contribution in [-0.2, 0) is 10.0 Å². The summed E-state index contributed by atoms with van der Waals surface area (Å²) in [4.78, 5) is 14.8. The van der Waals surface area contributed by atoms with Gasteiger partial charge in [-0.05, 0) is 46.2 Å². The van der Waals surface area contributed by atoms with Crippen molar-refractivity contribution in [3.63, 3.8) is 0 Å². The lowest BCUT2D eigenvalue weighted by Crippen LogP contribution is -2.37. The Labute approximate surface area is 160 Å². The lowest BCUT2D eigenvalue weighted by Gasteiger charge is -2.22. The van der Waals surface area contributed by atoms with Gasteiger partial charge in [0.25, 0.3) is 5.91 Å². The number of rotatable bonds is 3. The zero-order valence-corrected chi connectivity index (χ0v) is 17.0. The molecule has 2 heterocycles. The van der Waals surface area contributed by atoms with Crippen LogP contribution in [0, 0.1) is 27.7 Å². The molecule has 8 heteroatoms. The van der Waals surface area contributed by atoms with E-state index in [1.807, 2.05) is 32.0 Å². The highest BCUT2D eigenvalue weighted by Crippen LogP contribution is 2.24. The molecule has 0 unspecified atom stereocenters. The predicted molar refractivity (Wildman–Crippen MR) is 101 cm³/mol. The average molecular weight is 391 g/mol. The van der Waals surface area contributed by atoms with Crippen LogP contribution in [0.2, 0.25) is 0 Å². The summed E-state index contributed by atoms with van der Waals surface area (Å²) in [6, 6.07) is 5.77. The number of carbonyl (C=O) groups excluding carboxylic acids is 1. The summed E-state index contributed by atoms with van der Waals surface area (Å²) in [6.45, 7) is 8.64. The maximum absolute atomic E-state index is 13.0. The van der Waals surface area contributed by atoms with Gasteiger partial charge in [-0.25, -0.2) is 8.42 Å². The molecule has 3 rings (SSSR count). The van der Waals surface area contributed by atoms with Crippen molar-refractivity contribution in [3.05, 3.63) is 46.3 Å². The molecule has 1 aliphatic rings. The summed E-state index contributed by atoms with van der Waals surface area (Å²) in [5, 5.41) is 3.75. The highest BCUT2D eigenvalue weighted by molar-refractivity contribution is 7.89. The van der Waals surface area contributed by atoms with Crippen molar-refractivity contribution in [2.24, 2.45) is 0 Å². The summed E-state index contributed by atoms with van der Waals surface area (Å²) in [5.74, 6) is 0.235. The molecule has 0 saturated carbocycles. The highest BCUT2D eigenvalue weighted by Gasteiger charge is 2.33. The molecule has 0 spiro atoms. The van der Waals surface area contributed by atoms with Crippen LogP contribution in [0.25, 0.3) is 0 Å². The number of benzene rings is 1. The summed E-state index contributed by atoms with van der Waals surface area (Å²) in [7, 11) is -3.69. The monoisotopic (exact) mass is 391 g/mol. The molecule has 7 nitrogen and oxygen atoms in total. The van der Waals surface area contributed by atoms with Gasteiger partial charge in [-0.3, -0.25) is 4.79 Å². The van der Waals surface area contributed by atoms with Gasteiger partial charge in [0.2, 0.25) is 10.0 Å². The predicted octanol–water partition coefficient (Wildman–Crippen LogP) is 2.45. The molecule has 2 aromatic rings. The van der Waals surface area contributed by atoms with Gasteiger partial charge in [-0.2, -0.15) is 4.31 Å². The summed E-state index contributed by atoms with van der Waals surface area (Å²) >= 11 is 0. The zero-order chi connectivity index (χ0) is 19.8. The molecule has 0 aliphatic carbocycles. The fourth-order valence-electron chi connectivity index (χ4n) is 3.59. The minimum absolute atomic E-state index is 0.0570. The molecule has 1 amide bonds. The number of carbonyl (C=O) groups is 1. The van der Waals surface area contributed by atoms with Gasteiger partial charge in [0.15, 0.2) is 5.76 Å². The van der Waals surface area contributed by atoms with Gasteiger partial charge in [0.1, 0.15) is 10.6 Å². The molecular formula is C19H25N3O4S. The second-order valence-electron chi connectivity index (χ2n) is 7.08. The molecule has 0 radical (unpaired) electrons. The molecule has 0 N–H and O–H groups in total. The minimum atomic E-state index is -3.69. The third kappa shape index (κ3) is 3.91. The maximum Gasteiger partial charge on any atom is 0.253 e. The van der Waals surface area contributed by atoms with E-state index in [1.165, 1.54) is 4.31 Å². The van der Waals surface area contributed by atoms with E-state index >= 15 is 0 Å². The Kier molecular flexibility index (Phi) is 5.39. The van der Waals surface area contributed by atoms with Crippen molar-refractivity contribution in [2.45, 2.75) is 39.0 Å². The first kappa shape index (κ1) is 19.6. The molecule has 1 saturated heterocycles. The van der Waals surface area contributed by atoms with Gasteiger partial charge in [0.05, 0.1) is 0 Å². The van der Waals surface area contributed by atoms with Crippen LogP contribution < -0.4 is 0 Å². The molecule has 1 aliphatic heterocycles. The van der Waals surface area contributed by atoms with E-state index in [-0.39, 0.29) is 17.3 Å². The fraction of sp³-hybridized carbons (Fsp3) is 0.474. The second-order valence-corrected chi connectivity index (χ2v) is 8.95. The lowest BCUT2D eigenvalue weighted by molar-refractivity contribution is 0.0764. The Balaban J connectivity index is 1.78. The molecule has 0 atom stereocenters. The second kappa shape index (κ2) is 7.44. The topological polar surface area (TPSA) is 83.7 Å². The van der Waals surface area contributed by atoms with E-state index in [9.17, 15) is 13.2 Å². The Morgan fingerprint density at radius 3 is 2.26 bits per heavy atom. The first-order valence-corrected chi connectivity index (χ1v) is 10.4. The minimum Gasteiger partial charge on any atom is -0.360 e. The Morgan fingerprint density at radius 1 is 1.00 bits per heavy atom. The van der Waals surface area contributed by atoms with Gasteiger partial charge >= 0.3 is 0 Å². The molecule has 27 heavy (non-hydrogen) atoms. The smallest absolute Gasteiger partial charge is 0.253 e. The van der Waals surface area contributed by atoms with Crippen molar-refractivity contribution in [1.29, 1.82) is 0 Å². The summed E-state index contributed by atoms with van der Waals surface area (Å²) in [5.41, 5.74) is 3.08. The number of hydrogen-bond acceptors (Lipinski definition) is 5. The fourth-order valence-corrected chi connectivity index (χ4v) is 5.35. The Bertz CT molecular complexity index is 926. The SMILES string of the molecule is Cc1cc(C)cc(C(=O)N2CCCN(S(=O)(=O)c3c(C)noc3C)CC2)c1. The quantitative estimate of drug-likeness (QED) is 0.802. The number of sulfonamides is 1. The van der Waals surface area contributed by atoms with Gasteiger partial charge in [-0.15, -0.1) is 0 Å². The van der Waals surface area contributed by atoms with E-state index in [2.05, 4.69) is 5.16 Å². The zero-order valence-electron chi connectivity index (χ0n) is 16.2. The lowest BCUT2D eigenvalue weighted by atomic mass is 10.1. The molecular weight excluding hydrogens is 366 g/mol. The Morgan fingerprint density at radius 2 is 1.67 bits per heavy atom. The molecule has 146 valence electrons. The number of hydrogen-bond donors (Lipinski definition) is 0. The normalized spacial score (nSPS) is 16.4. The van der Waals surface area contributed by atoms with Gasteiger partial charge in [0, 0.05) is 31.7 Å². The van der Waals surface area contributed by atoms with Crippen LogP contribution in [0.15, 0.2) is 27.6 Å². The largest absolute Gasteiger partial charge is 0.360 e. The third-order valence-corrected chi connectivity index (χ3v) is 6.92. The van der Waals surface area contributed by atoms with E-state index in [0.717, 1.165) is 11.1 Å². The van der Waals surface area contributed by atoms with Crippen LogP contribution in [0.3, 0.4) is 0 Å². The first-order chi connectivity index (χ1) is 12.7. The van der Waals surface area contributed by atoms with Crippen molar-refractivity contribution < 1.29 is 17.7 Å².